The maximum Gasteiger partial charge on any atom is 0.123 e. The number of hydrogen-bond donors (Lipinski definition) is 0. The third kappa shape index (κ3) is 6.85. The first-order valence-electron chi connectivity index (χ1n) is 7.82. The van der Waals surface area contributed by atoms with E-state index in [0.717, 1.165) is 18.8 Å². The summed E-state index contributed by atoms with van der Waals surface area (Å²) in [6.45, 7) is 2.25. The van der Waals surface area contributed by atoms with E-state index in [0.29, 0.717) is 5.92 Å². The van der Waals surface area contributed by atoms with E-state index in [4.69, 9.17) is 0 Å². The number of hydrogen-bond acceptors (Lipinski definition) is 1. The summed E-state index contributed by atoms with van der Waals surface area (Å²) in [5.74, 6) is 1.32. The average Bonchev–Trinajstić information content (AvgIpc) is 2.29. The fourth-order valence-electron chi connectivity index (χ4n) is 2.70. The van der Waals surface area contributed by atoms with Gasteiger partial charge in [0.05, 0.1) is 0 Å². The minimum Gasteiger partial charge on any atom is -0.303 e. The number of aldehydes is 1. The molecule has 1 atom stereocenters. The standard InChI is InChI=1S/C16H30O/c1-2-3-4-5-6-7-9-16(14-17)13-12-15-10-8-11-15/h14-16H,2-13H2,1H3. The highest BCUT2D eigenvalue weighted by Gasteiger charge is 2.18. The Morgan fingerprint density at radius 2 is 1.76 bits per heavy atom. The van der Waals surface area contributed by atoms with E-state index >= 15 is 0 Å². The van der Waals surface area contributed by atoms with E-state index in [1.807, 2.05) is 0 Å². The highest BCUT2D eigenvalue weighted by molar-refractivity contribution is 5.53. The summed E-state index contributed by atoms with van der Waals surface area (Å²) in [6, 6.07) is 0. The van der Waals surface area contributed by atoms with Gasteiger partial charge in [-0.15, -0.1) is 0 Å². The minimum absolute atomic E-state index is 0.363. The van der Waals surface area contributed by atoms with E-state index in [9.17, 15) is 4.79 Å². The second-order valence-electron chi connectivity index (χ2n) is 5.83. The van der Waals surface area contributed by atoms with E-state index in [-0.39, 0.29) is 0 Å². The molecule has 0 aromatic carbocycles. The van der Waals surface area contributed by atoms with Gasteiger partial charge in [-0.2, -0.15) is 0 Å². The Balaban J connectivity index is 1.92. The van der Waals surface area contributed by atoms with E-state index in [1.54, 1.807) is 0 Å². The normalized spacial score (nSPS) is 17.7. The van der Waals surface area contributed by atoms with Crippen molar-refractivity contribution in [2.75, 3.05) is 0 Å². The maximum absolute atomic E-state index is 11.0. The second-order valence-corrected chi connectivity index (χ2v) is 5.83. The zero-order valence-corrected chi connectivity index (χ0v) is 11.6. The molecular formula is C16H30O. The largest absolute Gasteiger partial charge is 0.303 e. The van der Waals surface area contributed by atoms with Crippen molar-refractivity contribution in [1.29, 1.82) is 0 Å². The van der Waals surface area contributed by atoms with Crippen LogP contribution in [-0.4, -0.2) is 6.29 Å². The summed E-state index contributed by atoms with van der Waals surface area (Å²) in [5.41, 5.74) is 0. The van der Waals surface area contributed by atoms with Crippen molar-refractivity contribution in [3.63, 3.8) is 0 Å². The van der Waals surface area contributed by atoms with Gasteiger partial charge >= 0.3 is 0 Å². The van der Waals surface area contributed by atoms with E-state index in [1.165, 1.54) is 70.5 Å². The molecule has 0 saturated heterocycles. The van der Waals surface area contributed by atoms with Gasteiger partial charge in [0.15, 0.2) is 0 Å². The number of unbranched alkanes of at least 4 members (excludes halogenated alkanes) is 5. The summed E-state index contributed by atoms with van der Waals surface area (Å²) in [4.78, 5) is 11.0. The molecule has 0 aliphatic heterocycles. The third-order valence-corrected chi connectivity index (χ3v) is 4.29. The lowest BCUT2D eigenvalue weighted by molar-refractivity contribution is -0.111. The van der Waals surface area contributed by atoms with Crippen LogP contribution in [0.4, 0.5) is 0 Å². The minimum atomic E-state index is 0.363. The fraction of sp³-hybridized carbons (Fsp3) is 0.938. The summed E-state index contributed by atoms with van der Waals surface area (Å²) < 4.78 is 0. The smallest absolute Gasteiger partial charge is 0.123 e. The van der Waals surface area contributed by atoms with Gasteiger partial charge in [0.25, 0.3) is 0 Å². The molecule has 1 fully saturated rings. The summed E-state index contributed by atoms with van der Waals surface area (Å²) in [7, 11) is 0. The lowest BCUT2D eigenvalue weighted by atomic mass is 9.80. The third-order valence-electron chi connectivity index (χ3n) is 4.29. The Labute approximate surface area is 107 Å². The van der Waals surface area contributed by atoms with Gasteiger partial charge in [0.2, 0.25) is 0 Å². The van der Waals surface area contributed by atoms with Gasteiger partial charge in [-0.05, 0) is 25.2 Å². The van der Waals surface area contributed by atoms with Crippen LogP contribution in [-0.2, 0) is 4.79 Å². The van der Waals surface area contributed by atoms with Crippen molar-refractivity contribution in [2.24, 2.45) is 11.8 Å². The number of carbonyl (C=O) groups excluding carboxylic acids is 1. The molecule has 0 radical (unpaired) electrons. The highest BCUT2D eigenvalue weighted by atomic mass is 16.1. The van der Waals surface area contributed by atoms with Crippen LogP contribution in [0.2, 0.25) is 0 Å². The number of carbonyl (C=O) groups is 1. The predicted octanol–water partition coefficient (Wildman–Crippen LogP) is 5.13. The molecular weight excluding hydrogens is 208 g/mol. The quantitative estimate of drug-likeness (QED) is 0.360. The van der Waals surface area contributed by atoms with Gasteiger partial charge in [-0.3, -0.25) is 0 Å². The van der Waals surface area contributed by atoms with Gasteiger partial charge in [-0.1, -0.05) is 64.7 Å². The van der Waals surface area contributed by atoms with Crippen LogP contribution in [0.5, 0.6) is 0 Å². The van der Waals surface area contributed by atoms with Crippen molar-refractivity contribution in [1.82, 2.24) is 0 Å². The molecule has 0 bridgehead atoms. The molecule has 1 aliphatic carbocycles. The van der Waals surface area contributed by atoms with E-state index in [2.05, 4.69) is 6.92 Å². The molecule has 1 heteroatoms. The second kappa shape index (κ2) is 9.67. The molecule has 1 saturated carbocycles. The van der Waals surface area contributed by atoms with Crippen molar-refractivity contribution in [2.45, 2.75) is 84.0 Å². The van der Waals surface area contributed by atoms with Crippen molar-refractivity contribution in [3.05, 3.63) is 0 Å². The van der Waals surface area contributed by atoms with Crippen LogP contribution >= 0.6 is 0 Å². The van der Waals surface area contributed by atoms with Crippen LogP contribution in [0.3, 0.4) is 0 Å². The molecule has 0 amide bonds. The maximum atomic E-state index is 11.0. The SMILES string of the molecule is CCCCCCCCC(C=O)CCC1CCC1. The van der Waals surface area contributed by atoms with Crippen LogP contribution in [0.15, 0.2) is 0 Å². The molecule has 1 rings (SSSR count). The molecule has 1 nitrogen and oxygen atoms in total. The van der Waals surface area contributed by atoms with Gasteiger partial charge in [-0.25, -0.2) is 0 Å². The average molecular weight is 238 g/mol. The molecule has 17 heavy (non-hydrogen) atoms. The first kappa shape index (κ1) is 14.7. The summed E-state index contributed by atoms with van der Waals surface area (Å²) in [6.07, 6.45) is 17.1. The monoisotopic (exact) mass is 238 g/mol. The van der Waals surface area contributed by atoms with Gasteiger partial charge < -0.3 is 4.79 Å². The van der Waals surface area contributed by atoms with E-state index < -0.39 is 0 Å². The Morgan fingerprint density at radius 1 is 1.06 bits per heavy atom. The molecule has 0 aromatic heterocycles. The number of rotatable bonds is 11. The first-order chi connectivity index (χ1) is 8.36. The van der Waals surface area contributed by atoms with Crippen molar-refractivity contribution < 1.29 is 4.79 Å². The van der Waals surface area contributed by atoms with Crippen molar-refractivity contribution >= 4 is 6.29 Å². The van der Waals surface area contributed by atoms with Crippen molar-refractivity contribution in [3.8, 4) is 0 Å². The predicted molar refractivity (Wildman–Crippen MR) is 74.1 cm³/mol. The van der Waals surface area contributed by atoms with Crippen LogP contribution < -0.4 is 0 Å². The Morgan fingerprint density at radius 3 is 2.35 bits per heavy atom. The zero-order valence-electron chi connectivity index (χ0n) is 11.6. The Hall–Kier alpha value is -0.330. The topological polar surface area (TPSA) is 17.1 Å². The van der Waals surface area contributed by atoms with Gasteiger partial charge in [0, 0.05) is 5.92 Å². The Kier molecular flexibility index (Phi) is 8.38. The highest BCUT2D eigenvalue weighted by Crippen LogP contribution is 2.32. The van der Waals surface area contributed by atoms with Gasteiger partial charge in [0.1, 0.15) is 6.29 Å². The Bertz CT molecular complexity index is 184. The van der Waals surface area contributed by atoms with Crippen LogP contribution in [0.1, 0.15) is 84.0 Å². The molecule has 1 aliphatic rings. The first-order valence-corrected chi connectivity index (χ1v) is 7.82. The summed E-state index contributed by atoms with van der Waals surface area (Å²) in [5, 5.41) is 0. The zero-order chi connectivity index (χ0) is 12.3. The van der Waals surface area contributed by atoms with Crippen LogP contribution in [0.25, 0.3) is 0 Å². The molecule has 0 heterocycles. The fourth-order valence-corrected chi connectivity index (χ4v) is 2.70. The molecule has 100 valence electrons. The molecule has 0 aromatic rings. The molecule has 0 spiro atoms. The lowest BCUT2D eigenvalue weighted by Crippen LogP contribution is -2.13. The molecule has 1 unspecified atom stereocenters. The summed E-state index contributed by atoms with van der Waals surface area (Å²) >= 11 is 0. The molecule has 0 N–H and O–H groups in total. The van der Waals surface area contributed by atoms with Crippen LogP contribution in [0, 0.1) is 11.8 Å². The lowest BCUT2D eigenvalue weighted by Gasteiger charge is -2.26.